The average molecular weight is 430 g/mol. The maximum Gasteiger partial charge on any atom is 0.224 e. The van der Waals surface area contributed by atoms with E-state index in [1.165, 1.54) is 12.8 Å². The number of piperidine rings is 1. The Morgan fingerprint density at radius 2 is 2.00 bits per heavy atom. The Morgan fingerprint density at radius 3 is 2.72 bits per heavy atom. The Hall–Kier alpha value is -2.33. The minimum absolute atomic E-state index is 0.167. The number of aromatic nitrogens is 6. The van der Waals surface area contributed by atoms with Crippen LogP contribution in [0.3, 0.4) is 0 Å². The van der Waals surface area contributed by atoms with Crippen molar-refractivity contribution in [3.05, 3.63) is 33.9 Å². The highest BCUT2D eigenvalue weighted by molar-refractivity contribution is 7.71. The third-order valence-electron chi connectivity index (χ3n) is 5.75. The lowest BCUT2D eigenvalue weighted by molar-refractivity contribution is -0.132. The molecule has 2 fully saturated rings. The molecule has 1 aliphatic heterocycles. The Kier molecular flexibility index (Phi) is 5.04. The van der Waals surface area contributed by atoms with E-state index >= 15 is 0 Å². The van der Waals surface area contributed by atoms with E-state index in [1.807, 2.05) is 27.0 Å². The van der Waals surface area contributed by atoms with E-state index in [4.69, 9.17) is 12.2 Å². The summed E-state index contributed by atoms with van der Waals surface area (Å²) in [6.07, 6.45) is 4.69. The van der Waals surface area contributed by atoms with E-state index in [1.54, 1.807) is 11.3 Å². The van der Waals surface area contributed by atoms with Gasteiger partial charge in [0.2, 0.25) is 5.91 Å². The minimum Gasteiger partial charge on any atom is -0.343 e. The number of nitrogens with one attached hydrogen (secondary N) is 2. The predicted octanol–water partition coefficient (Wildman–Crippen LogP) is 3.46. The Balaban J connectivity index is 1.17. The van der Waals surface area contributed by atoms with E-state index in [0.717, 1.165) is 48.3 Å². The molecule has 0 aromatic carbocycles. The fraction of sp³-hybridized carbons (Fsp3) is 0.526. The molecule has 29 heavy (non-hydrogen) atoms. The first-order valence-electron chi connectivity index (χ1n) is 10.1. The third kappa shape index (κ3) is 3.91. The van der Waals surface area contributed by atoms with Gasteiger partial charge in [-0.3, -0.25) is 19.6 Å². The molecule has 2 N–H and O–H groups in total. The van der Waals surface area contributed by atoms with Gasteiger partial charge in [-0.15, -0.1) is 11.3 Å². The number of likely N-dealkylation sites (tertiary alicyclic amines) is 1. The number of H-pyrrole nitrogens is 2. The molecular weight excluding hydrogens is 406 g/mol. The van der Waals surface area contributed by atoms with Crippen LogP contribution in [0, 0.1) is 4.77 Å². The minimum atomic E-state index is 0.167. The molecule has 2 aliphatic rings. The van der Waals surface area contributed by atoms with Gasteiger partial charge in [0.05, 0.1) is 4.88 Å². The summed E-state index contributed by atoms with van der Waals surface area (Å²) in [6.45, 7) is 2.06. The Labute approximate surface area is 177 Å². The molecule has 4 heterocycles. The molecule has 1 amide bonds. The van der Waals surface area contributed by atoms with Crippen LogP contribution in [0.2, 0.25) is 0 Å². The number of thiophene rings is 1. The van der Waals surface area contributed by atoms with Gasteiger partial charge in [0.25, 0.3) is 0 Å². The summed E-state index contributed by atoms with van der Waals surface area (Å²) in [5, 5.41) is 16.7. The van der Waals surface area contributed by atoms with Crippen LogP contribution in [-0.2, 0) is 11.3 Å². The summed E-state index contributed by atoms with van der Waals surface area (Å²) in [7, 11) is 0. The highest BCUT2D eigenvalue weighted by atomic mass is 32.1. The summed E-state index contributed by atoms with van der Waals surface area (Å²) in [4.78, 5) is 20.5. The Morgan fingerprint density at radius 1 is 1.17 bits per heavy atom. The summed E-state index contributed by atoms with van der Waals surface area (Å²) in [5.41, 5.74) is 0. The van der Waals surface area contributed by atoms with Crippen molar-refractivity contribution >= 4 is 29.5 Å². The fourth-order valence-electron chi connectivity index (χ4n) is 3.88. The van der Waals surface area contributed by atoms with Crippen LogP contribution in [0.1, 0.15) is 55.6 Å². The molecule has 1 saturated carbocycles. The molecular formula is C19H23N7OS2. The van der Waals surface area contributed by atoms with Crippen LogP contribution >= 0.6 is 23.6 Å². The van der Waals surface area contributed by atoms with E-state index in [0.29, 0.717) is 29.6 Å². The number of carbonyl (C=O) groups is 1. The topological polar surface area (TPSA) is 95.5 Å². The molecule has 152 valence electrons. The van der Waals surface area contributed by atoms with Crippen LogP contribution in [0.25, 0.3) is 10.7 Å². The van der Waals surface area contributed by atoms with E-state index < -0.39 is 0 Å². The van der Waals surface area contributed by atoms with Gasteiger partial charge in [0, 0.05) is 37.9 Å². The van der Waals surface area contributed by atoms with Gasteiger partial charge in [0.1, 0.15) is 5.82 Å². The maximum absolute atomic E-state index is 12.8. The number of aromatic amines is 2. The summed E-state index contributed by atoms with van der Waals surface area (Å²) >= 11 is 6.97. The van der Waals surface area contributed by atoms with Crippen LogP contribution in [0.5, 0.6) is 0 Å². The van der Waals surface area contributed by atoms with Crippen LogP contribution < -0.4 is 0 Å². The molecule has 1 aliphatic carbocycles. The predicted molar refractivity (Wildman–Crippen MR) is 112 cm³/mol. The van der Waals surface area contributed by atoms with E-state index in [2.05, 4.69) is 25.4 Å². The van der Waals surface area contributed by atoms with Gasteiger partial charge < -0.3 is 4.90 Å². The van der Waals surface area contributed by atoms with Gasteiger partial charge >= 0.3 is 0 Å². The number of hydrogen-bond donors (Lipinski definition) is 2. The lowest BCUT2D eigenvalue weighted by Gasteiger charge is -2.31. The smallest absolute Gasteiger partial charge is 0.224 e. The zero-order valence-electron chi connectivity index (χ0n) is 16.0. The Bertz CT molecular complexity index is 1040. The zero-order valence-corrected chi connectivity index (χ0v) is 17.6. The summed E-state index contributed by atoms with van der Waals surface area (Å²) in [6, 6.07) is 4.00. The maximum atomic E-state index is 12.8. The largest absolute Gasteiger partial charge is 0.343 e. The molecule has 0 atom stereocenters. The van der Waals surface area contributed by atoms with Crippen molar-refractivity contribution < 1.29 is 4.79 Å². The number of carbonyl (C=O) groups excluding carboxylic acids is 1. The van der Waals surface area contributed by atoms with Gasteiger partial charge in [0.15, 0.2) is 16.4 Å². The van der Waals surface area contributed by atoms with Crippen molar-refractivity contribution in [2.75, 3.05) is 13.1 Å². The normalized spacial score (nSPS) is 17.7. The second-order valence-corrected chi connectivity index (χ2v) is 9.07. The van der Waals surface area contributed by atoms with E-state index in [9.17, 15) is 4.79 Å². The molecule has 0 spiro atoms. The van der Waals surface area contributed by atoms with Gasteiger partial charge in [-0.05, 0) is 49.3 Å². The van der Waals surface area contributed by atoms with Gasteiger partial charge in [-0.25, -0.2) is 4.98 Å². The van der Waals surface area contributed by atoms with Crippen molar-refractivity contribution in [2.24, 2.45) is 0 Å². The SMILES string of the molecule is O=C(CCn1c(-c2cccs2)n[nH]c1=S)N1CCC(c2nc(C3CC3)n[nH]2)CC1. The quantitative estimate of drug-likeness (QED) is 0.585. The molecule has 1 saturated heterocycles. The van der Waals surface area contributed by atoms with Crippen LogP contribution in [0.15, 0.2) is 17.5 Å². The van der Waals surface area contributed by atoms with Crippen molar-refractivity contribution in [3.8, 4) is 10.7 Å². The van der Waals surface area contributed by atoms with Crippen molar-refractivity contribution in [2.45, 2.75) is 50.5 Å². The second-order valence-electron chi connectivity index (χ2n) is 7.74. The lowest BCUT2D eigenvalue weighted by atomic mass is 9.96. The number of amides is 1. The molecule has 5 rings (SSSR count). The van der Waals surface area contributed by atoms with Crippen molar-refractivity contribution in [1.82, 2.24) is 34.8 Å². The number of nitrogens with zero attached hydrogens (tertiary/aromatic N) is 5. The van der Waals surface area contributed by atoms with Crippen LogP contribution in [0.4, 0.5) is 0 Å². The fourth-order valence-corrected chi connectivity index (χ4v) is 4.83. The molecule has 10 heteroatoms. The van der Waals surface area contributed by atoms with Crippen molar-refractivity contribution in [1.29, 1.82) is 0 Å². The first kappa shape index (κ1) is 18.7. The standard InChI is InChI=1S/C19H23N7OS2/c27-15(7-10-26-18(23-24-19(26)28)14-2-1-11-29-14)25-8-5-13(6-9-25)17-20-16(21-22-17)12-3-4-12/h1-2,11-13H,3-10H2,(H,24,28)(H,20,21,22). The summed E-state index contributed by atoms with van der Waals surface area (Å²) in [5.74, 6) is 3.86. The first-order valence-corrected chi connectivity index (χ1v) is 11.4. The first-order chi connectivity index (χ1) is 14.2. The molecule has 8 nitrogen and oxygen atoms in total. The molecule has 3 aromatic heterocycles. The van der Waals surface area contributed by atoms with Gasteiger partial charge in [-0.1, -0.05) is 6.07 Å². The molecule has 3 aromatic rings. The third-order valence-corrected chi connectivity index (χ3v) is 6.92. The lowest BCUT2D eigenvalue weighted by Crippen LogP contribution is -2.38. The molecule has 0 bridgehead atoms. The number of rotatable bonds is 6. The van der Waals surface area contributed by atoms with Gasteiger partial charge in [-0.2, -0.15) is 10.2 Å². The molecule has 0 unspecified atom stereocenters. The molecule has 0 radical (unpaired) electrons. The van der Waals surface area contributed by atoms with Crippen molar-refractivity contribution in [3.63, 3.8) is 0 Å². The highest BCUT2D eigenvalue weighted by Gasteiger charge is 2.30. The van der Waals surface area contributed by atoms with Crippen LogP contribution in [-0.4, -0.2) is 53.8 Å². The van der Waals surface area contributed by atoms with E-state index in [-0.39, 0.29) is 5.91 Å². The number of hydrogen-bond acceptors (Lipinski definition) is 6. The highest BCUT2D eigenvalue weighted by Crippen LogP contribution is 2.38. The average Bonchev–Trinajstić information content (AvgIpc) is 3.12. The summed E-state index contributed by atoms with van der Waals surface area (Å²) < 4.78 is 2.47. The zero-order chi connectivity index (χ0) is 19.8. The second kappa shape index (κ2) is 7.83. The monoisotopic (exact) mass is 429 g/mol.